The Labute approximate surface area is 124 Å². The zero-order chi connectivity index (χ0) is 14.8. The van der Waals surface area contributed by atoms with Crippen LogP contribution in [0.5, 0.6) is 0 Å². The summed E-state index contributed by atoms with van der Waals surface area (Å²) in [5.74, 6) is 0.898. The van der Waals surface area contributed by atoms with Crippen LogP contribution in [0.25, 0.3) is 11.5 Å². The molecule has 0 aliphatic carbocycles. The lowest BCUT2D eigenvalue weighted by Crippen LogP contribution is -2.10. The Hall–Kier alpha value is -2.43. The molecule has 0 N–H and O–H groups in total. The van der Waals surface area contributed by atoms with Crippen molar-refractivity contribution in [1.29, 1.82) is 0 Å². The summed E-state index contributed by atoms with van der Waals surface area (Å²) in [5.41, 5.74) is 3.09. The number of nitrogens with zero attached hydrogens (tertiary/aromatic N) is 5. The lowest BCUT2D eigenvalue weighted by atomic mass is 10.1. The Kier molecular flexibility index (Phi) is 3.56. The predicted octanol–water partition coefficient (Wildman–Crippen LogP) is 2.99. The molecule has 0 amide bonds. The summed E-state index contributed by atoms with van der Waals surface area (Å²) in [6.45, 7) is 4.17. The van der Waals surface area contributed by atoms with Gasteiger partial charge in [0.25, 0.3) is 0 Å². The fourth-order valence-corrected chi connectivity index (χ4v) is 2.64. The van der Waals surface area contributed by atoms with Crippen LogP contribution in [0.3, 0.4) is 0 Å². The van der Waals surface area contributed by atoms with Gasteiger partial charge in [0.05, 0.1) is 12.2 Å². The normalized spacial score (nSPS) is 12.5. The SMILES string of the molecule is CC[C@@H](c1cnn(C)c1)n1ccnc1-c1cccc(C)n1. The molecule has 5 nitrogen and oxygen atoms in total. The van der Waals surface area contributed by atoms with Crippen LogP contribution < -0.4 is 0 Å². The monoisotopic (exact) mass is 281 g/mol. The molecule has 0 spiro atoms. The topological polar surface area (TPSA) is 48.5 Å². The third-order valence-electron chi connectivity index (χ3n) is 3.62. The highest BCUT2D eigenvalue weighted by Crippen LogP contribution is 2.26. The maximum atomic E-state index is 4.59. The number of aryl methyl sites for hydroxylation is 2. The molecule has 0 unspecified atom stereocenters. The molecule has 3 rings (SSSR count). The van der Waals surface area contributed by atoms with E-state index in [1.807, 2.05) is 55.4 Å². The molecule has 3 aromatic heterocycles. The van der Waals surface area contributed by atoms with Crippen molar-refractivity contribution in [3.8, 4) is 11.5 Å². The van der Waals surface area contributed by atoms with Crippen LogP contribution in [0.4, 0.5) is 0 Å². The van der Waals surface area contributed by atoms with Gasteiger partial charge in [0.1, 0.15) is 5.69 Å². The summed E-state index contributed by atoms with van der Waals surface area (Å²) in [7, 11) is 1.94. The Morgan fingerprint density at radius 3 is 2.81 bits per heavy atom. The molecular weight excluding hydrogens is 262 g/mol. The first kappa shape index (κ1) is 13.5. The first-order valence-electron chi connectivity index (χ1n) is 7.14. The summed E-state index contributed by atoms with van der Waals surface area (Å²) in [6.07, 6.45) is 8.79. The lowest BCUT2D eigenvalue weighted by Gasteiger charge is -2.18. The zero-order valence-corrected chi connectivity index (χ0v) is 12.6. The first-order chi connectivity index (χ1) is 10.2. The van der Waals surface area contributed by atoms with Crippen LogP contribution in [0.15, 0.2) is 43.0 Å². The van der Waals surface area contributed by atoms with E-state index in [0.717, 1.165) is 23.6 Å². The van der Waals surface area contributed by atoms with E-state index < -0.39 is 0 Å². The summed E-state index contributed by atoms with van der Waals surface area (Å²) in [4.78, 5) is 9.09. The molecule has 1 atom stereocenters. The van der Waals surface area contributed by atoms with E-state index in [9.17, 15) is 0 Å². The highest BCUT2D eigenvalue weighted by molar-refractivity contribution is 5.50. The van der Waals surface area contributed by atoms with Gasteiger partial charge in [-0.1, -0.05) is 13.0 Å². The summed E-state index contributed by atoms with van der Waals surface area (Å²) >= 11 is 0. The molecule has 0 saturated heterocycles. The number of imidazole rings is 1. The average molecular weight is 281 g/mol. The van der Waals surface area contributed by atoms with Crippen molar-refractivity contribution >= 4 is 0 Å². The van der Waals surface area contributed by atoms with Crippen LogP contribution in [-0.4, -0.2) is 24.3 Å². The van der Waals surface area contributed by atoms with Gasteiger partial charge >= 0.3 is 0 Å². The number of aromatic nitrogens is 5. The van der Waals surface area contributed by atoms with Gasteiger partial charge in [0, 0.05) is 36.9 Å². The van der Waals surface area contributed by atoms with Crippen molar-refractivity contribution in [1.82, 2.24) is 24.3 Å². The molecule has 0 aromatic carbocycles. The van der Waals surface area contributed by atoms with Crippen LogP contribution in [0.1, 0.15) is 30.6 Å². The highest BCUT2D eigenvalue weighted by atomic mass is 15.2. The van der Waals surface area contributed by atoms with Crippen LogP contribution >= 0.6 is 0 Å². The van der Waals surface area contributed by atoms with E-state index >= 15 is 0 Å². The fourth-order valence-electron chi connectivity index (χ4n) is 2.64. The summed E-state index contributed by atoms with van der Waals surface area (Å²) in [6, 6.07) is 6.23. The lowest BCUT2D eigenvalue weighted by molar-refractivity contribution is 0.570. The number of hydrogen-bond acceptors (Lipinski definition) is 3. The predicted molar refractivity (Wildman–Crippen MR) is 81.8 cm³/mol. The van der Waals surface area contributed by atoms with Crippen molar-refractivity contribution < 1.29 is 0 Å². The second-order valence-electron chi connectivity index (χ2n) is 5.19. The van der Waals surface area contributed by atoms with Gasteiger partial charge in [0.15, 0.2) is 5.82 Å². The first-order valence-corrected chi connectivity index (χ1v) is 7.14. The summed E-state index contributed by atoms with van der Waals surface area (Å²) < 4.78 is 4.01. The Morgan fingerprint density at radius 2 is 2.14 bits per heavy atom. The number of rotatable bonds is 4. The smallest absolute Gasteiger partial charge is 0.159 e. The molecule has 108 valence electrons. The standard InChI is InChI=1S/C16H19N5/c1-4-15(13-10-18-20(3)11-13)21-9-8-17-16(21)14-7-5-6-12(2)19-14/h5-11,15H,4H2,1-3H3/t15-/m0/s1. The van der Waals surface area contributed by atoms with E-state index in [-0.39, 0.29) is 6.04 Å². The van der Waals surface area contributed by atoms with Gasteiger partial charge in [-0.25, -0.2) is 9.97 Å². The minimum Gasteiger partial charge on any atom is -0.322 e. The number of pyridine rings is 1. The van der Waals surface area contributed by atoms with Gasteiger partial charge in [-0.2, -0.15) is 5.10 Å². The van der Waals surface area contributed by atoms with Gasteiger partial charge in [-0.3, -0.25) is 4.68 Å². The molecule has 3 aromatic rings. The third-order valence-corrected chi connectivity index (χ3v) is 3.62. The Morgan fingerprint density at radius 1 is 1.29 bits per heavy atom. The molecule has 0 saturated carbocycles. The zero-order valence-electron chi connectivity index (χ0n) is 12.6. The number of hydrogen-bond donors (Lipinski definition) is 0. The molecule has 5 heteroatoms. The molecule has 0 aliphatic rings. The minimum absolute atomic E-state index is 0.221. The second-order valence-corrected chi connectivity index (χ2v) is 5.19. The van der Waals surface area contributed by atoms with E-state index in [1.54, 1.807) is 0 Å². The van der Waals surface area contributed by atoms with Gasteiger partial charge in [0.2, 0.25) is 0 Å². The third kappa shape index (κ3) is 2.59. The molecule has 0 radical (unpaired) electrons. The fraction of sp³-hybridized carbons (Fsp3) is 0.312. The van der Waals surface area contributed by atoms with E-state index in [1.165, 1.54) is 5.56 Å². The second kappa shape index (κ2) is 5.52. The maximum Gasteiger partial charge on any atom is 0.159 e. The largest absolute Gasteiger partial charge is 0.322 e. The Bertz CT molecular complexity index is 740. The van der Waals surface area contributed by atoms with Crippen molar-refractivity contribution in [2.75, 3.05) is 0 Å². The van der Waals surface area contributed by atoms with Gasteiger partial charge in [-0.15, -0.1) is 0 Å². The van der Waals surface area contributed by atoms with E-state index in [2.05, 4.69) is 32.8 Å². The molecule has 21 heavy (non-hydrogen) atoms. The molecular formula is C16H19N5. The highest BCUT2D eigenvalue weighted by Gasteiger charge is 2.18. The van der Waals surface area contributed by atoms with Gasteiger partial charge < -0.3 is 4.57 Å². The molecule has 0 aliphatic heterocycles. The van der Waals surface area contributed by atoms with Crippen molar-refractivity contribution in [2.45, 2.75) is 26.3 Å². The quantitative estimate of drug-likeness (QED) is 0.738. The van der Waals surface area contributed by atoms with Gasteiger partial charge in [-0.05, 0) is 25.5 Å². The average Bonchev–Trinajstić information content (AvgIpc) is 3.10. The van der Waals surface area contributed by atoms with E-state index in [4.69, 9.17) is 0 Å². The maximum absolute atomic E-state index is 4.59. The van der Waals surface area contributed by atoms with Crippen molar-refractivity contribution in [3.05, 3.63) is 54.2 Å². The molecule has 0 bridgehead atoms. The molecule has 3 heterocycles. The summed E-state index contributed by atoms with van der Waals surface area (Å²) in [5, 5.41) is 4.28. The van der Waals surface area contributed by atoms with Crippen LogP contribution in [-0.2, 0) is 7.05 Å². The van der Waals surface area contributed by atoms with Crippen molar-refractivity contribution in [2.24, 2.45) is 7.05 Å². The van der Waals surface area contributed by atoms with Crippen LogP contribution in [0.2, 0.25) is 0 Å². The minimum atomic E-state index is 0.221. The van der Waals surface area contributed by atoms with E-state index in [0.29, 0.717) is 0 Å². The van der Waals surface area contributed by atoms with Crippen LogP contribution in [0, 0.1) is 6.92 Å². The Balaban J connectivity index is 2.05. The van der Waals surface area contributed by atoms with Crippen molar-refractivity contribution in [3.63, 3.8) is 0 Å². The molecule has 0 fully saturated rings.